The maximum atomic E-state index is 12.8. The van der Waals surface area contributed by atoms with Gasteiger partial charge >= 0.3 is 5.97 Å². The highest BCUT2D eigenvalue weighted by Gasteiger charge is 2.19. The fraction of sp³-hybridized carbons (Fsp3) is 0.286. The molecule has 0 aliphatic carbocycles. The predicted octanol–water partition coefficient (Wildman–Crippen LogP) is 4.07. The third-order valence-electron chi connectivity index (χ3n) is 4.20. The maximum absolute atomic E-state index is 12.8. The first kappa shape index (κ1) is 19.9. The fourth-order valence-electron chi connectivity index (χ4n) is 2.93. The van der Waals surface area contributed by atoms with Gasteiger partial charge in [0.15, 0.2) is 5.69 Å². The average molecular weight is 401 g/mol. The van der Waals surface area contributed by atoms with E-state index in [0.717, 1.165) is 0 Å². The molecule has 0 radical (unpaired) electrons. The minimum absolute atomic E-state index is 0.0259. The first-order valence-electron chi connectivity index (χ1n) is 8.90. The molecule has 0 bridgehead atoms. The Balaban J connectivity index is 1.96. The van der Waals surface area contributed by atoms with E-state index in [1.165, 1.54) is 11.8 Å². The number of esters is 1. The summed E-state index contributed by atoms with van der Waals surface area (Å²) in [5.41, 5.74) is 0.525. The third-order valence-corrected chi connectivity index (χ3v) is 4.44. The van der Waals surface area contributed by atoms with Gasteiger partial charge in [-0.25, -0.2) is 9.48 Å². The highest BCUT2D eigenvalue weighted by Crippen LogP contribution is 2.24. The lowest BCUT2D eigenvalue weighted by atomic mass is 10.1. The van der Waals surface area contributed by atoms with E-state index in [1.54, 1.807) is 42.5 Å². The van der Waals surface area contributed by atoms with Gasteiger partial charge < -0.3 is 9.47 Å². The quantitative estimate of drug-likeness (QED) is 0.583. The zero-order chi connectivity index (χ0) is 20.3. The van der Waals surface area contributed by atoms with E-state index in [2.05, 4.69) is 5.10 Å². The lowest BCUT2D eigenvalue weighted by molar-refractivity contribution is 0.0462. The molecule has 0 saturated carbocycles. The smallest absolute Gasteiger partial charge is 0.359 e. The van der Waals surface area contributed by atoms with Crippen LogP contribution in [0.1, 0.15) is 29.9 Å². The van der Waals surface area contributed by atoms with Crippen molar-refractivity contribution in [3.63, 3.8) is 0 Å². The molecule has 1 heterocycles. The Morgan fingerprint density at radius 1 is 1.18 bits per heavy atom. The van der Waals surface area contributed by atoms with Crippen LogP contribution in [0.5, 0.6) is 5.75 Å². The van der Waals surface area contributed by atoms with Crippen LogP contribution in [0.4, 0.5) is 0 Å². The largest absolute Gasteiger partial charge is 0.496 e. The van der Waals surface area contributed by atoms with Gasteiger partial charge in [-0.15, -0.1) is 0 Å². The molecular weight excluding hydrogens is 380 g/mol. The van der Waals surface area contributed by atoms with Crippen LogP contribution in [0, 0.1) is 5.92 Å². The molecule has 0 aliphatic rings. The lowest BCUT2D eigenvalue weighted by Crippen LogP contribution is -2.28. The van der Waals surface area contributed by atoms with Gasteiger partial charge in [-0.2, -0.15) is 5.10 Å². The van der Waals surface area contributed by atoms with E-state index in [0.29, 0.717) is 33.7 Å². The molecule has 1 aromatic heterocycles. The van der Waals surface area contributed by atoms with Gasteiger partial charge in [-0.1, -0.05) is 43.6 Å². The number of halogens is 1. The molecule has 7 heteroatoms. The van der Waals surface area contributed by atoms with Gasteiger partial charge in [0.25, 0.3) is 5.56 Å². The predicted molar refractivity (Wildman–Crippen MR) is 108 cm³/mol. The van der Waals surface area contributed by atoms with Crippen molar-refractivity contribution in [3.8, 4) is 5.75 Å². The van der Waals surface area contributed by atoms with E-state index in [9.17, 15) is 9.59 Å². The summed E-state index contributed by atoms with van der Waals surface area (Å²) in [6.07, 6.45) is 0. The minimum Gasteiger partial charge on any atom is -0.496 e. The van der Waals surface area contributed by atoms with Crippen LogP contribution in [0.15, 0.2) is 47.3 Å². The fourth-order valence-corrected chi connectivity index (χ4v) is 3.12. The summed E-state index contributed by atoms with van der Waals surface area (Å²) in [5, 5.41) is 5.70. The van der Waals surface area contributed by atoms with Gasteiger partial charge in [-0.3, -0.25) is 4.79 Å². The molecule has 0 aliphatic heterocycles. The number of hydrogen-bond acceptors (Lipinski definition) is 5. The van der Waals surface area contributed by atoms with E-state index in [1.807, 2.05) is 13.8 Å². The van der Waals surface area contributed by atoms with Gasteiger partial charge in [0, 0.05) is 22.5 Å². The molecule has 3 rings (SSSR count). The van der Waals surface area contributed by atoms with Crippen molar-refractivity contribution in [2.75, 3.05) is 7.11 Å². The van der Waals surface area contributed by atoms with Crippen LogP contribution in [0.3, 0.4) is 0 Å². The van der Waals surface area contributed by atoms with Crippen molar-refractivity contribution in [1.82, 2.24) is 9.78 Å². The molecule has 0 unspecified atom stereocenters. The number of benzene rings is 2. The number of ether oxygens (including phenoxy) is 2. The number of methoxy groups -OCH3 is 1. The zero-order valence-corrected chi connectivity index (χ0v) is 16.7. The van der Waals surface area contributed by atoms with Gasteiger partial charge in [-0.05, 0) is 30.2 Å². The topological polar surface area (TPSA) is 70.4 Å². The Hall–Kier alpha value is -2.86. The monoisotopic (exact) mass is 400 g/mol. The lowest BCUT2D eigenvalue weighted by Gasteiger charge is -2.13. The molecular formula is C21H21ClN2O4. The molecule has 0 spiro atoms. The number of fused-ring (bicyclic) bond motifs is 1. The Labute approximate surface area is 167 Å². The van der Waals surface area contributed by atoms with Crippen LogP contribution in [-0.2, 0) is 17.9 Å². The van der Waals surface area contributed by atoms with Crippen molar-refractivity contribution in [2.45, 2.75) is 27.0 Å². The standard InChI is InChI=1S/C21H21ClN2O4/c1-13(2)11-24-20(25)17-7-5-4-6-16(17)19(23-24)21(26)28-12-14-10-15(22)8-9-18(14)27-3/h4-10,13H,11-12H2,1-3H3. The van der Waals surface area contributed by atoms with Gasteiger partial charge in [0.1, 0.15) is 12.4 Å². The number of aromatic nitrogens is 2. The number of carbonyl (C=O) groups is 1. The average Bonchev–Trinajstić information content (AvgIpc) is 2.68. The summed E-state index contributed by atoms with van der Waals surface area (Å²) >= 11 is 6.02. The summed E-state index contributed by atoms with van der Waals surface area (Å²) in [4.78, 5) is 25.4. The Bertz CT molecular complexity index is 1080. The zero-order valence-electron chi connectivity index (χ0n) is 15.9. The molecule has 0 N–H and O–H groups in total. The van der Waals surface area contributed by atoms with E-state index >= 15 is 0 Å². The van der Waals surface area contributed by atoms with Crippen LogP contribution in [0.2, 0.25) is 5.02 Å². The Morgan fingerprint density at radius 3 is 2.57 bits per heavy atom. The van der Waals surface area contributed by atoms with Gasteiger partial charge in [0.2, 0.25) is 0 Å². The van der Waals surface area contributed by atoms with E-state index < -0.39 is 5.97 Å². The number of carbonyl (C=O) groups excluding carboxylic acids is 1. The number of nitrogens with zero attached hydrogens (tertiary/aromatic N) is 2. The summed E-state index contributed by atoms with van der Waals surface area (Å²) in [5.74, 6) is 0.154. The Kier molecular flexibility index (Phi) is 5.99. The number of rotatable bonds is 6. The summed E-state index contributed by atoms with van der Waals surface area (Å²) in [6, 6.07) is 12.0. The molecule has 0 amide bonds. The summed E-state index contributed by atoms with van der Waals surface area (Å²) in [6.45, 7) is 4.34. The second kappa shape index (κ2) is 8.44. The van der Waals surface area contributed by atoms with Crippen LogP contribution in [-0.4, -0.2) is 22.9 Å². The first-order valence-corrected chi connectivity index (χ1v) is 9.28. The van der Waals surface area contributed by atoms with Crippen LogP contribution < -0.4 is 10.3 Å². The second-order valence-electron chi connectivity index (χ2n) is 6.81. The van der Waals surface area contributed by atoms with E-state index in [-0.39, 0.29) is 23.8 Å². The molecule has 28 heavy (non-hydrogen) atoms. The second-order valence-corrected chi connectivity index (χ2v) is 7.24. The third kappa shape index (κ3) is 4.17. The first-order chi connectivity index (χ1) is 13.4. The molecule has 6 nitrogen and oxygen atoms in total. The molecule has 0 atom stereocenters. The normalized spacial score (nSPS) is 11.0. The molecule has 0 saturated heterocycles. The highest BCUT2D eigenvalue weighted by atomic mass is 35.5. The maximum Gasteiger partial charge on any atom is 0.359 e. The molecule has 0 fully saturated rings. The van der Waals surface area contributed by atoms with Crippen LogP contribution >= 0.6 is 11.6 Å². The summed E-state index contributed by atoms with van der Waals surface area (Å²) in [7, 11) is 1.53. The minimum atomic E-state index is -0.615. The van der Waals surface area contributed by atoms with Crippen molar-refractivity contribution in [1.29, 1.82) is 0 Å². The SMILES string of the molecule is COc1ccc(Cl)cc1COC(=O)c1nn(CC(C)C)c(=O)c2ccccc12. The van der Waals surface area contributed by atoms with Crippen molar-refractivity contribution >= 4 is 28.3 Å². The molecule has 3 aromatic rings. The highest BCUT2D eigenvalue weighted by molar-refractivity contribution is 6.30. The molecule has 146 valence electrons. The van der Waals surface area contributed by atoms with Crippen molar-refractivity contribution in [2.24, 2.45) is 5.92 Å². The van der Waals surface area contributed by atoms with Gasteiger partial charge in [0.05, 0.1) is 12.5 Å². The Morgan fingerprint density at radius 2 is 1.89 bits per heavy atom. The van der Waals surface area contributed by atoms with Crippen molar-refractivity contribution in [3.05, 3.63) is 69.1 Å². The summed E-state index contributed by atoms with van der Waals surface area (Å²) < 4.78 is 12.1. The van der Waals surface area contributed by atoms with Crippen molar-refractivity contribution < 1.29 is 14.3 Å². The van der Waals surface area contributed by atoms with Crippen LogP contribution in [0.25, 0.3) is 10.8 Å². The van der Waals surface area contributed by atoms with E-state index in [4.69, 9.17) is 21.1 Å². The molecule has 2 aromatic carbocycles. The number of hydrogen-bond donors (Lipinski definition) is 0.